The molecule has 5 N–H and O–H groups in total. The molecule has 0 amide bonds. The second-order valence-corrected chi connectivity index (χ2v) is 8.38. The van der Waals surface area contributed by atoms with Crippen LogP contribution in [0.5, 0.6) is 5.75 Å². The van der Waals surface area contributed by atoms with Gasteiger partial charge in [-0.2, -0.15) is 0 Å². The topological polar surface area (TPSA) is 89.6 Å². The first-order valence-electron chi connectivity index (χ1n) is 10.7. The summed E-state index contributed by atoms with van der Waals surface area (Å²) in [4.78, 5) is 4.78. The van der Waals surface area contributed by atoms with Gasteiger partial charge in [-0.15, -0.1) is 0 Å². The standard InChI is InChI=1S/C22H37IN6O/c1-5-9-29(12-8-27-18-6-10-28(4)11-7-18)19-13-20(30-23)22(25)16(2)21(19)17(14-24)15-26-3/h13-15,18,24,26-27H,5-12,25H2,1-4H3/b17-15+,24-14?. The number of piperidine rings is 1. The summed E-state index contributed by atoms with van der Waals surface area (Å²) in [5.41, 5.74) is 10.8. The molecule has 168 valence electrons. The number of nitrogens with two attached hydrogens (primary N) is 1. The highest BCUT2D eigenvalue weighted by Gasteiger charge is 2.21. The number of rotatable bonds is 11. The molecule has 30 heavy (non-hydrogen) atoms. The van der Waals surface area contributed by atoms with E-state index in [4.69, 9.17) is 14.2 Å². The van der Waals surface area contributed by atoms with Gasteiger partial charge in [-0.1, -0.05) is 6.92 Å². The van der Waals surface area contributed by atoms with Gasteiger partial charge in [-0.25, -0.2) is 0 Å². The Morgan fingerprint density at radius 3 is 2.67 bits per heavy atom. The van der Waals surface area contributed by atoms with E-state index in [2.05, 4.69) is 34.4 Å². The molecule has 8 heteroatoms. The quantitative estimate of drug-likeness (QED) is 0.200. The number of nitrogen functional groups attached to an aromatic ring is 1. The number of nitrogens with zero attached hydrogens (tertiary/aromatic N) is 2. The SMILES string of the molecule is CCCN(CCNC1CCN(C)CC1)c1cc(OI)c(N)c(C)c1/C(C=N)=C/NC. The van der Waals surface area contributed by atoms with Crippen LogP contribution in [0.3, 0.4) is 0 Å². The third-order valence-corrected chi connectivity index (χ3v) is 6.24. The van der Waals surface area contributed by atoms with Gasteiger partial charge in [0, 0.05) is 68.0 Å². The van der Waals surface area contributed by atoms with E-state index in [0.29, 0.717) is 17.5 Å². The Hall–Kier alpha value is -1.52. The molecule has 0 spiro atoms. The normalized spacial score (nSPS) is 15.8. The van der Waals surface area contributed by atoms with Crippen molar-refractivity contribution in [3.8, 4) is 5.75 Å². The molecule has 1 aromatic carbocycles. The lowest BCUT2D eigenvalue weighted by molar-refractivity contribution is 0.235. The molecule has 0 radical (unpaired) electrons. The fraction of sp³-hybridized carbons (Fsp3) is 0.591. The molecule has 0 saturated carbocycles. The predicted octanol–water partition coefficient (Wildman–Crippen LogP) is 3.42. The number of hydrogen-bond donors (Lipinski definition) is 4. The monoisotopic (exact) mass is 528 g/mol. The lowest BCUT2D eigenvalue weighted by Crippen LogP contribution is -2.43. The Kier molecular flexibility index (Phi) is 10.2. The van der Waals surface area contributed by atoms with Crippen molar-refractivity contribution in [1.82, 2.24) is 15.5 Å². The maximum Gasteiger partial charge on any atom is 0.192 e. The Labute approximate surface area is 195 Å². The summed E-state index contributed by atoms with van der Waals surface area (Å²) in [6, 6.07) is 2.61. The Bertz CT molecular complexity index is 731. The Morgan fingerprint density at radius 1 is 1.40 bits per heavy atom. The van der Waals surface area contributed by atoms with Crippen molar-refractivity contribution in [1.29, 1.82) is 5.41 Å². The van der Waals surface area contributed by atoms with Crippen molar-refractivity contribution >= 4 is 46.2 Å². The van der Waals surface area contributed by atoms with E-state index < -0.39 is 0 Å². The van der Waals surface area contributed by atoms with Crippen LogP contribution < -0.4 is 24.3 Å². The third-order valence-electron chi connectivity index (χ3n) is 5.76. The van der Waals surface area contributed by atoms with E-state index in [1.165, 1.54) is 19.1 Å². The van der Waals surface area contributed by atoms with Gasteiger partial charge in [-0.3, -0.25) is 0 Å². The number of halogens is 1. The molecule has 1 aromatic rings. The first kappa shape index (κ1) is 24.7. The van der Waals surface area contributed by atoms with E-state index in [0.717, 1.165) is 61.5 Å². The summed E-state index contributed by atoms with van der Waals surface area (Å²) in [6.45, 7) is 9.25. The van der Waals surface area contributed by atoms with Crippen LogP contribution in [-0.2, 0) is 0 Å². The van der Waals surface area contributed by atoms with Crippen molar-refractivity contribution in [3.05, 3.63) is 23.4 Å². The smallest absolute Gasteiger partial charge is 0.192 e. The highest BCUT2D eigenvalue weighted by atomic mass is 127. The van der Waals surface area contributed by atoms with Crippen molar-refractivity contribution in [2.75, 3.05) is 57.5 Å². The average Bonchev–Trinajstić information content (AvgIpc) is 2.75. The number of benzene rings is 1. The van der Waals surface area contributed by atoms with Crippen molar-refractivity contribution in [3.63, 3.8) is 0 Å². The largest absolute Gasteiger partial charge is 0.425 e. The van der Waals surface area contributed by atoms with Gasteiger partial charge in [0.15, 0.2) is 28.8 Å². The summed E-state index contributed by atoms with van der Waals surface area (Å²) >= 11 is 1.89. The minimum Gasteiger partial charge on any atom is -0.425 e. The number of anilines is 2. The van der Waals surface area contributed by atoms with Crippen LogP contribution in [0.4, 0.5) is 11.4 Å². The molecule has 0 atom stereocenters. The zero-order chi connectivity index (χ0) is 22.1. The molecule has 0 unspecified atom stereocenters. The van der Waals surface area contributed by atoms with Gasteiger partial charge in [0.05, 0.1) is 5.69 Å². The molecule has 1 saturated heterocycles. The van der Waals surface area contributed by atoms with Crippen LogP contribution in [0, 0.1) is 12.3 Å². The van der Waals surface area contributed by atoms with Crippen LogP contribution in [0.1, 0.15) is 37.3 Å². The Balaban J connectivity index is 2.31. The zero-order valence-electron chi connectivity index (χ0n) is 18.7. The van der Waals surface area contributed by atoms with Gasteiger partial charge >= 0.3 is 0 Å². The second-order valence-electron chi connectivity index (χ2n) is 7.94. The molecule has 1 heterocycles. The molecular weight excluding hydrogens is 491 g/mol. The number of allylic oxidation sites excluding steroid dienone is 1. The fourth-order valence-electron chi connectivity index (χ4n) is 4.04. The molecule has 7 nitrogen and oxygen atoms in total. The highest BCUT2D eigenvalue weighted by Crippen LogP contribution is 2.40. The highest BCUT2D eigenvalue weighted by molar-refractivity contribution is 14.1. The molecular formula is C22H37IN6O. The molecule has 2 rings (SSSR count). The van der Waals surface area contributed by atoms with Crippen LogP contribution in [0.15, 0.2) is 12.3 Å². The predicted molar refractivity (Wildman–Crippen MR) is 137 cm³/mol. The van der Waals surface area contributed by atoms with Crippen LogP contribution in [0.25, 0.3) is 5.57 Å². The second kappa shape index (κ2) is 12.4. The van der Waals surface area contributed by atoms with Crippen LogP contribution in [-0.4, -0.2) is 64.0 Å². The van der Waals surface area contributed by atoms with Crippen molar-refractivity contribution in [2.45, 2.75) is 39.2 Å². The van der Waals surface area contributed by atoms with E-state index in [1.807, 2.05) is 49.2 Å². The fourth-order valence-corrected chi connectivity index (χ4v) is 4.41. The maximum absolute atomic E-state index is 7.95. The van der Waals surface area contributed by atoms with Gasteiger partial charge in [-0.05, 0) is 51.9 Å². The Morgan fingerprint density at radius 2 is 2.10 bits per heavy atom. The van der Waals surface area contributed by atoms with E-state index in [9.17, 15) is 0 Å². The first-order chi connectivity index (χ1) is 14.5. The number of hydrogen-bond acceptors (Lipinski definition) is 7. The van der Waals surface area contributed by atoms with Gasteiger partial charge in [0.2, 0.25) is 0 Å². The minimum absolute atomic E-state index is 0.590. The molecule has 0 aromatic heterocycles. The molecule has 0 bridgehead atoms. The first-order valence-corrected chi connectivity index (χ1v) is 11.6. The summed E-state index contributed by atoms with van der Waals surface area (Å²) in [7, 11) is 4.04. The molecule has 1 aliphatic rings. The average molecular weight is 528 g/mol. The van der Waals surface area contributed by atoms with Gasteiger partial charge in [0.25, 0.3) is 0 Å². The number of nitrogens with one attached hydrogen (secondary N) is 3. The maximum atomic E-state index is 7.95. The van der Waals surface area contributed by atoms with E-state index in [1.54, 1.807) is 0 Å². The minimum atomic E-state index is 0.590. The molecule has 1 aliphatic heterocycles. The van der Waals surface area contributed by atoms with Gasteiger partial charge < -0.3 is 34.6 Å². The third kappa shape index (κ3) is 6.24. The lowest BCUT2D eigenvalue weighted by Gasteiger charge is -2.32. The summed E-state index contributed by atoms with van der Waals surface area (Å²) in [5.74, 6) is 0.671. The number of likely N-dealkylation sites (tertiary alicyclic amines) is 1. The van der Waals surface area contributed by atoms with E-state index >= 15 is 0 Å². The summed E-state index contributed by atoms with van der Waals surface area (Å²) in [6.07, 6.45) is 6.67. The van der Waals surface area contributed by atoms with Crippen molar-refractivity contribution in [2.24, 2.45) is 0 Å². The van der Waals surface area contributed by atoms with Crippen LogP contribution in [0.2, 0.25) is 0 Å². The van der Waals surface area contributed by atoms with Crippen molar-refractivity contribution < 1.29 is 3.07 Å². The van der Waals surface area contributed by atoms with Crippen LogP contribution >= 0.6 is 23.0 Å². The molecule has 1 fully saturated rings. The van der Waals surface area contributed by atoms with E-state index in [-0.39, 0.29) is 0 Å². The molecule has 0 aliphatic carbocycles. The summed E-state index contributed by atoms with van der Waals surface area (Å²) < 4.78 is 5.54. The summed E-state index contributed by atoms with van der Waals surface area (Å²) in [5, 5.41) is 14.8. The zero-order valence-corrected chi connectivity index (χ0v) is 20.9. The lowest BCUT2D eigenvalue weighted by atomic mass is 9.96. The van der Waals surface area contributed by atoms with Gasteiger partial charge in [0.1, 0.15) is 0 Å².